The number of hydrogen-bond acceptors (Lipinski definition) is 4. The van der Waals surface area contributed by atoms with Crippen LogP contribution < -0.4 is 0 Å². The molecule has 20 heavy (non-hydrogen) atoms. The number of methoxy groups -OCH3 is 1. The summed E-state index contributed by atoms with van der Waals surface area (Å²) in [6.45, 7) is 6.23. The summed E-state index contributed by atoms with van der Waals surface area (Å²) in [5, 5.41) is 9.16. The van der Waals surface area contributed by atoms with E-state index < -0.39 is 5.97 Å². The molecule has 4 nitrogen and oxygen atoms in total. The van der Waals surface area contributed by atoms with Gasteiger partial charge in [-0.1, -0.05) is 11.6 Å². The van der Waals surface area contributed by atoms with Crippen LogP contribution in [-0.2, 0) is 14.3 Å². The van der Waals surface area contributed by atoms with Gasteiger partial charge in [-0.05, 0) is 52.0 Å². The highest BCUT2D eigenvalue weighted by Crippen LogP contribution is 2.38. The lowest BCUT2D eigenvalue weighted by atomic mass is 10.0. The Morgan fingerprint density at radius 2 is 2.05 bits per heavy atom. The van der Waals surface area contributed by atoms with Gasteiger partial charge in [-0.3, -0.25) is 0 Å². The van der Waals surface area contributed by atoms with Crippen LogP contribution in [0.15, 0.2) is 23.3 Å². The Bertz CT molecular complexity index is 393. The van der Waals surface area contributed by atoms with Crippen LogP contribution in [0.5, 0.6) is 0 Å². The van der Waals surface area contributed by atoms with Gasteiger partial charge in [-0.25, -0.2) is 4.79 Å². The molecule has 4 heteroatoms. The zero-order chi connectivity index (χ0) is 15.2. The maximum Gasteiger partial charge on any atom is 0.330 e. The minimum atomic E-state index is -0.414. The first-order valence-electron chi connectivity index (χ1n) is 7.10. The molecule has 0 radical (unpaired) electrons. The Morgan fingerprint density at radius 1 is 1.40 bits per heavy atom. The second-order valence-corrected chi connectivity index (χ2v) is 5.82. The van der Waals surface area contributed by atoms with Crippen molar-refractivity contribution in [3.8, 4) is 0 Å². The smallest absolute Gasteiger partial charge is 0.330 e. The first-order chi connectivity index (χ1) is 9.39. The first kappa shape index (κ1) is 16.9. The lowest BCUT2D eigenvalue weighted by Crippen LogP contribution is -2.02. The van der Waals surface area contributed by atoms with Crippen LogP contribution >= 0.6 is 0 Å². The number of allylic oxidation sites excluding steroid dienone is 2. The molecule has 0 spiro atoms. The zero-order valence-electron chi connectivity index (χ0n) is 12.9. The van der Waals surface area contributed by atoms with Crippen LogP contribution in [0, 0.1) is 0 Å². The summed E-state index contributed by atoms with van der Waals surface area (Å²) in [5.41, 5.74) is 2.09. The Morgan fingerprint density at radius 3 is 2.55 bits per heavy atom. The molecule has 1 atom stereocenters. The van der Waals surface area contributed by atoms with Gasteiger partial charge in [0.15, 0.2) is 0 Å². The number of aliphatic hydroxyl groups is 1. The fourth-order valence-corrected chi connectivity index (χ4v) is 2.13. The van der Waals surface area contributed by atoms with Crippen molar-refractivity contribution in [3.05, 3.63) is 23.3 Å². The van der Waals surface area contributed by atoms with E-state index in [1.165, 1.54) is 18.8 Å². The fraction of sp³-hybridized carbons (Fsp3) is 0.688. The molecule has 0 saturated carbocycles. The number of carbonyl (C=O) groups excluding carboxylic acids is 1. The third kappa shape index (κ3) is 5.88. The van der Waals surface area contributed by atoms with Crippen molar-refractivity contribution in [2.45, 2.75) is 58.2 Å². The van der Waals surface area contributed by atoms with Gasteiger partial charge >= 0.3 is 5.97 Å². The third-order valence-corrected chi connectivity index (χ3v) is 3.65. The summed E-state index contributed by atoms with van der Waals surface area (Å²) in [5.74, 6) is -0.414. The van der Waals surface area contributed by atoms with Gasteiger partial charge < -0.3 is 14.6 Å². The zero-order valence-corrected chi connectivity index (χ0v) is 12.9. The Balaban J connectivity index is 2.28. The average Bonchev–Trinajstić information content (AvgIpc) is 3.02. The maximum atomic E-state index is 11.1. The number of ether oxygens (including phenoxy) is 2. The highest BCUT2D eigenvalue weighted by Gasteiger charge is 2.46. The molecule has 1 heterocycles. The van der Waals surface area contributed by atoms with E-state index in [2.05, 4.69) is 31.6 Å². The monoisotopic (exact) mass is 282 g/mol. The molecule has 114 valence electrons. The Kier molecular flexibility index (Phi) is 6.43. The van der Waals surface area contributed by atoms with Crippen LogP contribution in [-0.4, -0.2) is 36.5 Å². The van der Waals surface area contributed by atoms with Crippen LogP contribution in [0.1, 0.15) is 46.5 Å². The van der Waals surface area contributed by atoms with Crippen LogP contribution in [0.2, 0.25) is 0 Å². The number of epoxide rings is 1. The highest BCUT2D eigenvalue weighted by molar-refractivity contribution is 5.82. The molecule has 1 saturated heterocycles. The van der Waals surface area contributed by atoms with Crippen molar-refractivity contribution in [2.75, 3.05) is 13.7 Å². The first-order valence-corrected chi connectivity index (χ1v) is 7.10. The van der Waals surface area contributed by atoms with E-state index in [1.807, 2.05) is 0 Å². The number of aliphatic hydroxyl groups excluding tert-OH is 1. The summed E-state index contributed by atoms with van der Waals surface area (Å²) in [7, 11) is 1.33. The van der Waals surface area contributed by atoms with Gasteiger partial charge in [0.2, 0.25) is 0 Å². The summed E-state index contributed by atoms with van der Waals surface area (Å²) in [4.78, 5) is 11.1. The largest absolute Gasteiger partial charge is 0.466 e. The SMILES string of the molecule is COC(=O)/C=C(\CO)CC/C=C(\C)CCC1OC1(C)C. The minimum absolute atomic E-state index is 0.0631. The van der Waals surface area contributed by atoms with E-state index in [9.17, 15) is 4.79 Å². The summed E-state index contributed by atoms with van der Waals surface area (Å²) >= 11 is 0. The van der Waals surface area contributed by atoms with Crippen LogP contribution in [0.25, 0.3) is 0 Å². The maximum absolute atomic E-state index is 11.1. The summed E-state index contributed by atoms with van der Waals surface area (Å²) in [6, 6.07) is 0. The minimum Gasteiger partial charge on any atom is -0.466 e. The van der Waals surface area contributed by atoms with E-state index in [-0.39, 0.29) is 12.2 Å². The molecule has 0 aromatic heterocycles. The number of carbonyl (C=O) groups is 1. The van der Waals surface area contributed by atoms with Gasteiger partial charge in [0.1, 0.15) is 0 Å². The van der Waals surface area contributed by atoms with Crippen LogP contribution in [0.3, 0.4) is 0 Å². The van der Waals surface area contributed by atoms with E-state index in [4.69, 9.17) is 9.84 Å². The number of hydrogen-bond donors (Lipinski definition) is 1. The van der Waals surface area contributed by atoms with Crippen molar-refractivity contribution >= 4 is 5.97 Å². The quantitative estimate of drug-likeness (QED) is 0.322. The molecule has 1 aliphatic rings. The Labute approximate surface area is 121 Å². The second kappa shape index (κ2) is 7.60. The Hall–Kier alpha value is -1.13. The number of rotatable bonds is 8. The summed E-state index contributed by atoms with van der Waals surface area (Å²) < 4.78 is 10.1. The topological polar surface area (TPSA) is 59.1 Å². The van der Waals surface area contributed by atoms with Gasteiger partial charge in [-0.15, -0.1) is 0 Å². The summed E-state index contributed by atoms with van der Waals surface area (Å²) in [6.07, 6.45) is 7.50. The predicted molar refractivity (Wildman–Crippen MR) is 78.4 cm³/mol. The predicted octanol–water partition coefficient (Wildman–Crippen LogP) is 2.76. The molecule has 0 aromatic carbocycles. The van der Waals surface area contributed by atoms with Crippen molar-refractivity contribution in [1.82, 2.24) is 0 Å². The second-order valence-electron chi connectivity index (χ2n) is 5.82. The van der Waals surface area contributed by atoms with Gasteiger partial charge in [0.05, 0.1) is 25.4 Å². The molecule has 0 bridgehead atoms. The normalized spacial score (nSPS) is 21.8. The van der Waals surface area contributed by atoms with Gasteiger partial charge in [-0.2, -0.15) is 0 Å². The highest BCUT2D eigenvalue weighted by atomic mass is 16.6. The molecule has 0 aliphatic carbocycles. The fourth-order valence-electron chi connectivity index (χ4n) is 2.13. The lowest BCUT2D eigenvalue weighted by Gasteiger charge is -2.03. The van der Waals surface area contributed by atoms with E-state index in [0.717, 1.165) is 19.3 Å². The van der Waals surface area contributed by atoms with Crippen molar-refractivity contribution in [2.24, 2.45) is 0 Å². The van der Waals surface area contributed by atoms with Crippen molar-refractivity contribution in [3.63, 3.8) is 0 Å². The molecule has 1 N–H and O–H groups in total. The molecule has 1 aliphatic heterocycles. The van der Waals surface area contributed by atoms with Crippen molar-refractivity contribution in [1.29, 1.82) is 0 Å². The molecular formula is C16H26O4. The molecule has 0 aromatic rings. The average molecular weight is 282 g/mol. The molecule has 1 rings (SSSR count). The molecular weight excluding hydrogens is 256 g/mol. The van der Waals surface area contributed by atoms with Crippen molar-refractivity contribution < 1.29 is 19.4 Å². The van der Waals surface area contributed by atoms with Gasteiger partial charge in [0, 0.05) is 6.08 Å². The van der Waals surface area contributed by atoms with Gasteiger partial charge in [0.25, 0.3) is 0 Å². The lowest BCUT2D eigenvalue weighted by molar-refractivity contribution is -0.134. The van der Waals surface area contributed by atoms with E-state index in [1.54, 1.807) is 0 Å². The molecule has 0 amide bonds. The number of esters is 1. The standard InChI is InChI=1S/C16H26O4/c1-12(8-9-14-16(2,3)20-14)6-5-7-13(11-17)10-15(18)19-4/h6,10,14,17H,5,7-9,11H2,1-4H3/b12-6+,13-10-. The van der Waals surface area contributed by atoms with E-state index >= 15 is 0 Å². The third-order valence-electron chi connectivity index (χ3n) is 3.65. The molecule has 1 fully saturated rings. The van der Waals surface area contributed by atoms with Crippen LogP contribution in [0.4, 0.5) is 0 Å². The molecule has 1 unspecified atom stereocenters. The van der Waals surface area contributed by atoms with E-state index in [0.29, 0.717) is 18.1 Å².